The Morgan fingerprint density at radius 1 is 1.22 bits per heavy atom. The van der Waals surface area contributed by atoms with Gasteiger partial charge in [-0.05, 0) is 18.2 Å². The fourth-order valence-corrected chi connectivity index (χ4v) is 3.10. The summed E-state index contributed by atoms with van der Waals surface area (Å²) in [7, 11) is 1.58. The number of carboxylic acids is 1. The highest BCUT2D eigenvalue weighted by Gasteiger charge is 2.33. The monoisotopic (exact) mass is 313 g/mol. The second-order valence-electron chi connectivity index (χ2n) is 5.41. The molecule has 1 atom stereocenters. The van der Waals surface area contributed by atoms with Crippen LogP contribution in [0.25, 0.3) is 0 Å². The Balaban J connectivity index is 2.07. The van der Waals surface area contributed by atoms with E-state index in [1.165, 1.54) is 0 Å². The summed E-state index contributed by atoms with van der Waals surface area (Å²) in [5, 5.41) is 10.8. The summed E-state index contributed by atoms with van der Waals surface area (Å²) in [4.78, 5) is 24.8. The molecule has 0 fully saturated rings. The van der Waals surface area contributed by atoms with E-state index in [9.17, 15) is 14.7 Å². The number of benzene rings is 1. The lowest BCUT2D eigenvalue weighted by molar-refractivity contribution is -0.304. The highest BCUT2D eigenvalue weighted by Crippen LogP contribution is 2.37. The summed E-state index contributed by atoms with van der Waals surface area (Å²) >= 11 is 0. The molecule has 0 N–H and O–H groups in total. The lowest BCUT2D eigenvalue weighted by Crippen LogP contribution is -2.44. The molecule has 1 amide bonds. The summed E-state index contributed by atoms with van der Waals surface area (Å²) in [6, 6.07) is 10.9. The van der Waals surface area contributed by atoms with Gasteiger partial charge >= 0.3 is 0 Å². The van der Waals surface area contributed by atoms with Gasteiger partial charge in [0.15, 0.2) is 0 Å². The van der Waals surface area contributed by atoms with Crippen molar-refractivity contribution in [3.05, 3.63) is 53.9 Å². The third-order valence-corrected chi connectivity index (χ3v) is 4.09. The van der Waals surface area contributed by atoms with Crippen LogP contribution in [0.5, 0.6) is 5.75 Å². The van der Waals surface area contributed by atoms with E-state index in [0.717, 1.165) is 11.3 Å². The van der Waals surface area contributed by atoms with Crippen molar-refractivity contribution < 1.29 is 19.4 Å². The van der Waals surface area contributed by atoms with Crippen LogP contribution in [0.4, 0.5) is 0 Å². The molecule has 1 aromatic carbocycles. The Morgan fingerprint density at radius 2 is 2.00 bits per heavy atom. The number of amides is 1. The highest BCUT2D eigenvalue weighted by atomic mass is 16.5. The maximum absolute atomic E-state index is 12.4. The molecule has 6 heteroatoms. The smallest absolute Gasteiger partial charge is 0.229 e. The zero-order valence-electron chi connectivity index (χ0n) is 12.8. The Morgan fingerprint density at radius 3 is 2.74 bits per heavy atom. The third-order valence-electron chi connectivity index (χ3n) is 4.09. The minimum absolute atomic E-state index is 0.373. The number of ether oxygens (including phenoxy) is 1. The molecule has 0 saturated carbocycles. The highest BCUT2D eigenvalue weighted by molar-refractivity contribution is 5.93. The van der Waals surface area contributed by atoms with E-state index in [2.05, 4.69) is 4.57 Å². The maximum atomic E-state index is 12.4. The van der Waals surface area contributed by atoms with Gasteiger partial charge in [-0.25, -0.2) is 0 Å². The number of hydrogen-bond donors (Lipinski definition) is 0. The van der Waals surface area contributed by atoms with Crippen LogP contribution in [-0.4, -0.2) is 35.0 Å². The average molecular weight is 313 g/mol. The molecule has 2 aromatic rings. The van der Waals surface area contributed by atoms with Crippen molar-refractivity contribution in [1.29, 1.82) is 0 Å². The van der Waals surface area contributed by atoms with E-state index < -0.39 is 18.3 Å². The van der Waals surface area contributed by atoms with Crippen LogP contribution in [0.1, 0.15) is 23.7 Å². The Labute approximate surface area is 133 Å². The number of aliphatic carboxylic acids is 1. The van der Waals surface area contributed by atoms with Crippen molar-refractivity contribution in [1.82, 2.24) is 9.47 Å². The molecular weight excluding hydrogens is 296 g/mol. The zero-order chi connectivity index (χ0) is 16.4. The van der Waals surface area contributed by atoms with E-state index in [1.54, 1.807) is 12.0 Å². The quantitative estimate of drug-likeness (QED) is 0.773. The molecule has 3 rings (SSSR count). The molecule has 0 saturated heterocycles. The van der Waals surface area contributed by atoms with E-state index in [0.29, 0.717) is 18.8 Å². The molecule has 0 unspecified atom stereocenters. The normalized spacial score (nSPS) is 16.7. The lowest BCUT2D eigenvalue weighted by atomic mass is 9.98. The van der Waals surface area contributed by atoms with Crippen molar-refractivity contribution in [2.45, 2.75) is 19.0 Å². The van der Waals surface area contributed by atoms with Crippen molar-refractivity contribution in [2.24, 2.45) is 0 Å². The van der Waals surface area contributed by atoms with Gasteiger partial charge in [-0.3, -0.25) is 4.79 Å². The number of para-hydroxylation sites is 1. The number of fused-ring (bicyclic) bond motifs is 1. The number of carbonyl (C=O) groups is 2. The topological polar surface area (TPSA) is 74.6 Å². The van der Waals surface area contributed by atoms with Gasteiger partial charge in [0.05, 0.1) is 19.5 Å². The van der Waals surface area contributed by atoms with Crippen LogP contribution in [-0.2, 0) is 16.1 Å². The summed E-state index contributed by atoms with van der Waals surface area (Å²) in [5.41, 5.74) is 1.77. The van der Waals surface area contributed by atoms with Crippen LogP contribution in [0.15, 0.2) is 42.6 Å². The summed E-state index contributed by atoms with van der Waals surface area (Å²) in [6.07, 6.45) is 1.34. The van der Waals surface area contributed by atoms with E-state index in [1.807, 2.05) is 42.6 Å². The molecule has 2 heterocycles. The number of rotatable bonds is 4. The molecular formula is C17H17N2O4-. The van der Waals surface area contributed by atoms with Crippen LogP contribution in [0.2, 0.25) is 0 Å². The first kappa shape index (κ1) is 15.1. The van der Waals surface area contributed by atoms with Gasteiger partial charge < -0.3 is 24.1 Å². The van der Waals surface area contributed by atoms with E-state index in [-0.39, 0.29) is 6.04 Å². The fraction of sp³-hybridized carbons (Fsp3) is 0.294. The summed E-state index contributed by atoms with van der Waals surface area (Å²) in [6.45, 7) is 1.07. The number of nitrogens with zero attached hydrogens (tertiary/aromatic N) is 2. The maximum Gasteiger partial charge on any atom is 0.229 e. The van der Waals surface area contributed by atoms with Crippen LogP contribution < -0.4 is 9.84 Å². The van der Waals surface area contributed by atoms with Gasteiger partial charge in [-0.1, -0.05) is 18.2 Å². The zero-order valence-corrected chi connectivity index (χ0v) is 12.8. The fourth-order valence-electron chi connectivity index (χ4n) is 3.10. The predicted octanol–water partition coefficient (Wildman–Crippen LogP) is 0.568. The number of hydrogen-bond acceptors (Lipinski definition) is 4. The van der Waals surface area contributed by atoms with Gasteiger partial charge in [-0.2, -0.15) is 0 Å². The van der Waals surface area contributed by atoms with Gasteiger partial charge in [0.1, 0.15) is 11.8 Å². The van der Waals surface area contributed by atoms with Crippen molar-refractivity contribution in [2.75, 3.05) is 13.7 Å². The molecule has 0 bridgehead atoms. The first-order chi connectivity index (χ1) is 11.1. The molecule has 1 aliphatic rings. The van der Waals surface area contributed by atoms with Crippen molar-refractivity contribution in [3.8, 4) is 5.75 Å². The van der Waals surface area contributed by atoms with Gasteiger partial charge in [0, 0.05) is 30.5 Å². The second kappa shape index (κ2) is 6.16. The number of carbonyl (C=O) groups excluding carboxylic acids is 2. The van der Waals surface area contributed by atoms with E-state index in [4.69, 9.17) is 4.74 Å². The van der Waals surface area contributed by atoms with Crippen LogP contribution >= 0.6 is 0 Å². The number of aromatic nitrogens is 1. The molecule has 23 heavy (non-hydrogen) atoms. The molecule has 0 spiro atoms. The SMILES string of the molecule is COc1ccccc1[C@H]1c2cccn2CCN1C(=O)CC(=O)[O-]. The van der Waals surface area contributed by atoms with Gasteiger partial charge in [0.25, 0.3) is 0 Å². The summed E-state index contributed by atoms with van der Waals surface area (Å²) in [5.74, 6) is -1.15. The molecule has 1 aliphatic heterocycles. The minimum Gasteiger partial charge on any atom is -0.550 e. The first-order valence-corrected chi connectivity index (χ1v) is 7.39. The van der Waals surface area contributed by atoms with Crippen LogP contribution in [0, 0.1) is 0 Å². The molecule has 0 radical (unpaired) electrons. The number of carboxylic acid groups (broad SMARTS) is 1. The second-order valence-corrected chi connectivity index (χ2v) is 5.41. The minimum atomic E-state index is -1.37. The van der Waals surface area contributed by atoms with Crippen LogP contribution in [0.3, 0.4) is 0 Å². The molecule has 6 nitrogen and oxygen atoms in total. The Bertz CT molecular complexity index is 738. The Hall–Kier alpha value is -2.76. The first-order valence-electron chi connectivity index (χ1n) is 7.39. The summed E-state index contributed by atoms with van der Waals surface area (Å²) < 4.78 is 7.49. The van der Waals surface area contributed by atoms with Gasteiger partial charge in [0.2, 0.25) is 5.91 Å². The molecule has 120 valence electrons. The predicted molar refractivity (Wildman–Crippen MR) is 80.6 cm³/mol. The lowest BCUT2D eigenvalue weighted by Gasteiger charge is -2.38. The average Bonchev–Trinajstić information content (AvgIpc) is 3.01. The number of methoxy groups -OCH3 is 1. The molecule has 0 aliphatic carbocycles. The van der Waals surface area contributed by atoms with Crippen molar-refractivity contribution in [3.63, 3.8) is 0 Å². The standard InChI is InChI=1S/C17H18N2O4/c1-23-14-7-3-2-5-12(14)17-13-6-4-8-18(13)9-10-19(17)15(20)11-16(21)22/h2-8,17H,9-11H2,1H3,(H,21,22)/p-1/t17-/m0/s1. The third kappa shape index (κ3) is 2.79. The Kier molecular flexibility index (Phi) is 4.06. The van der Waals surface area contributed by atoms with E-state index >= 15 is 0 Å². The largest absolute Gasteiger partial charge is 0.550 e. The molecule has 1 aromatic heterocycles. The van der Waals surface area contributed by atoms with Crippen molar-refractivity contribution >= 4 is 11.9 Å². The van der Waals surface area contributed by atoms with Gasteiger partial charge in [-0.15, -0.1) is 0 Å².